The van der Waals surface area contributed by atoms with Gasteiger partial charge in [0.15, 0.2) is 5.76 Å². The quantitative estimate of drug-likeness (QED) is 0.514. The topological polar surface area (TPSA) is 80.6 Å². The minimum atomic E-state index is -0.505. The van der Waals surface area contributed by atoms with E-state index < -0.39 is 5.91 Å². The van der Waals surface area contributed by atoms with Crippen LogP contribution in [0.3, 0.4) is 0 Å². The lowest BCUT2D eigenvalue weighted by molar-refractivity contribution is 0.0830. The van der Waals surface area contributed by atoms with Gasteiger partial charge in [0.25, 0.3) is 5.91 Å². The Bertz CT molecular complexity index is 997. The molecule has 0 aliphatic heterocycles. The fourth-order valence-electron chi connectivity index (χ4n) is 3.58. The number of para-hydroxylation sites is 1. The van der Waals surface area contributed by atoms with Crippen molar-refractivity contribution in [2.24, 2.45) is 0 Å². The molecule has 1 aliphatic carbocycles. The Morgan fingerprint density at radius 3 is 2.75 bits per heavy atom. The number of ether oxygens (including phenoxy) is 1. The van der Waals surface area contributed by atoms with Crippen LogP contribution in [0, 0.1) is 0 Å². The Hall–Kier alpha value is -2.64. The molecular formula is C21H22N2O4S. The first-order valence-electron chi connectivity index (χ1n) is 9.39. The molecule has 0 unspecified atom stereocenters. The SMILES string of the molecule is COCc1c(C(=O)NNC(=O)c2cc3c(s2)CCCCC3)oc2ccccc12. The van der Waals surface area contributed by atoms with Crippen LogP contribution in [0.25, 0.3) is 11.0 Å². The van der Waals surface area contributed by atoms with E-state index in [1.807, 2.05) is 24.3 Å². The average molecular weight is 398 g/mol. The largest absolute Gasteiger partial charge is 0.450 e. The maximum absolute atomic E-state index is 12.6. The van der Waals surface area contributed by atoms with Crippen LogP contribution in [0.2, 0.25) is 0 Å². The third-order valence-electron chi connectivity index (χ3n) is 4.95. The molecule has 2 heterocycles. The van der Waals surface area contributed by atoms with E-state index in [4.69, 9.17) is 9.15 Å². The molecule has 1 aromatic carbocycles. The highest BCUT2D eigenvalue weighted by Gasteiger charge is 2.22. The lowest BCUT2D eigenvalue weighted by Crippen LogP contribution is -2.41. The second-order valence-electron chi connectivity index (χ2n) is 6.87. The van der Waals surface area contributed by atoms with Gasteiger partial charge in [-0.1, -0.05) is 24.6 Å². The van der Waals surface area contributed by atoms with Gasteiger partial charge in [-0.15, -0.1) is 11.3 Å². The number of thiophene rings is 1. The standard InChI is InChI=1S/C21H22N2O4S/c1-26-12-15-14-8-5-6-9-16(14)27-19(15)21(25)23-22-20(24)18-11-13-7-3-2-4-10-17(13)28-18/h5-6,8-9,11H,2-4,7,10,12H2,1H3,(H,22,24)(H,23,25). The number of hydrogen-bond acceptors (Lipinski definition) is 5. The molecule has 28 heavy (non-hydrogen) atoms. The average Bonchev–Trinajstić information content (AvgIpc) is 3.21. The second kappa shape index (κ2) is 8.16. The predicted molar refractivity (Wildman–Crippen MR) is 107 cm³/mol. The number of aryl methyl sites for hydroxylation is 2. The van der Waals surface area contributed by atoms with Crippen LogP contribution in [-0.4, -0.2) is 18.9 Å². The lowest BCUT2D eigenvalue weighted by Gasteiger charge is -2.06. The lowest BCUT2D eigenvalue weighted by atomic mass is 10.1. The fourth-order valence-corrected chi connectivity index (χ4v) is 4.73. The summed E-state index contributed by atoms with van der Waals surface area (Å²) in [4.78, 5) is 27.0. The van der Waals surface area contributed by atoms with Gasteiger partial charge in [0, 0.05) is 22.9 Å². The Kier molecular flexibility index (Phi) is 5.45. The van der Waals surface area contributed by atoms with E-state index in [1.165, 1.54) is 34.6 Å². The number of amides is 2. The van der Waals surface area contributed by atoms with E-state index in [0.29, 0.717) is 16.0 Å². The number of carbonyl (C=O) groups is 2. The van der Waals surface area contributed by atoms with Crippen LogP contribution in [0.15, 0.2) is 34.7 Å². The summed E-state index contributed by atoms with van der Waals surface area (Å²) in [5, 5.41) is 0.822. The summed E-state index contributed by atoms with van der Waals surface area (Å²) < 4.78 is 10.9. The van der Waals surface area contributed by atoms with Crippen LogP contribution in [-0.2, 0) is 24.2 Å². The van der Waals surface area contributed by atoms with Crippen molar-refractivity contribution >= 4 is 34.1 Å². The first kappa shape index (κ1) is 18.7. The summed E-state index contributed by atoms with van der Waals surface area (Å²) in [7, 11) is 1.56. The van der Waals surface area contributed by atoms with Gasteiger partial charge in [0.2, 0.25) is 0 Å². The normalized spacial score (nSPS) is 13.8. The molecule has 0 fully saturated rings. The maximum Gasteiger partial charge on any atom is 0.305 e. The summed E-state index contributed by atoms with van der Waals surface area (Å²) in [6.45, 7) is 0.241. The minimum Gasteiger partial charge on any atom is -0.450 e. The minimum absolute atomic E-state index is 0.144. The molecule has 6 nitrogen and oxygen atoms in total. The Labute approximate surface area is 166 Å². The number of hydrazine groups is 1. The van der Waals surface area contributed by atoms with Gasteiger partial charge in [-0.3, -0.25) is 20.4 Å². The zero-order valence-electron chi connectivity index (χ0n) is 15.7. The van der Waals surface area contributed by atoms with E-state index in [9.17, 15) is 9.59 Å². The van der Waals surface area contributed by atoms with Crippen molar-refractivity contribution in [2.75, 3.05) is 7.11 Å². The molecule has 2 amide bonds. The number of fused-ring (bicyclic) bond motifs is 2. The smallest absolute Gasteiger partial charge is 0.305 e. The van der Waals surface area contributed by atoms with Crippen molar-refractivity contribution in [3.63, 3.8) is 0 Å². The van der Waals surface area contributed by atoms with Gasteiger partial charge < -0.3 is 9.15 Å². The molecule has 1 aliphatic rings. The van der Waals surface area contributed by atoms with Crippen molar-refractivity contribution in [3.05, 3.63) is 57.0 Å². The third kappa shape index (κ3) is 3.68. The highest BCUT2D eigenvalue weighted by Crippen LogP contribution is 2.29. The highest BCUT2D eigenvalue weighted by molar-refractivity contribution is 7.14. The van der Waals surface area contributed by atoms with E-state index in [0.717, 1.165) is 24.6 Å². The number of hydrogen-bond donors (Lipinski definition) is 2. The van der Waals surface area contributed by atoms with Gasteiger partial charge in [0.05, 0.1) is 11.5 Å². The predicted octanol–water partition coefficient (Wildman–Crippen LogP) is 3.98. The number of nitrogens with one attached hydrogen (secondary N) is 2. The second-order valence-corrected chi connectivity index (χ2v) is 8.00. The van der Waals surface area contributed by atoms with Crippen molar-refractivity contribution in [1.29, 1.82) is 0 Å². The number of carbonyl (C=O) groups excluding carboxylic acids is 2. The zero-order valence-corrected chi connectivity index (χ0v) is 16.5. The van der Waals surface area contributed by atoms with Crippen LogP contribution < -0.4 is 10.9 Å². The molecule has 0 saturated carbocycles. The maximum atomic E-state index is 12.6. The van der Waals surface area contributed by atoms with Crippen molar-refractivity contribution in [1.82, 2.24) is 10.9 Å². The van der Waals surface area contributed by atoms with Crippen LogP contribution in [0.4, 0.5) is 0 Å². The molecule has 0 atom stereocenters. The van der Waals surface area contributed by atoms with Crippen molar-refractivity contribution in [3.8, 4) is 0 Å². The van der Waals surface area contributed by atoms with Crippen molar-refractivity contribution in [2.45, 2.75) is 38.7 Å². The van der Waals surface area contributed by atoms with Crippen LogP contribution >= 0.6 is 11.3 Å². The van der Waals surface area contributed by atoms with E-state index >= 15 is 0 Å². The number of methoxy groups -OCH3 is 1. The van der Waals surface area contributed by atoms with Gasteiger partial charge >= 0.3 is 5.91 Å². The summed E-state index contributed by atoms with van der Waals surface area (Å²) in [5.74, 6) is -0.671. The Morgan fingerprint density at radius 1 is 1.11 bits per heavy atom. The highest BCUT2D eigenvalue weighted by atomic mass is 32.1. The zero-order chi connectivity index (χ0) is 19.5. The first-order valence-corrected chi connectivity index (χ1v) is 10.2. The summed E-state index contributed by atoms with van der Waals surface area (Å²) in [6.07, 6.45) is 5.61. The molecule has 2 aromatic heterocycles. The first-order chi connectivity index (χ1) is 13.7. The molecule has 146 valence electrons. The Balaban J connectivity index is 1.48. The van der Waals surface area contributed by atoms with Gasteiger partial charge in [-0.25, -0.2) is 0 Å². The Morgan fingerprint density at radius 2 is 1.89 bits per heavy atom. The molecule has 3 aromatic rings. The molecule has 2 N–H and O–H groups in total. The molecule has 4 rings (SSSR count). The number of furan rings is 1. The molecule has 0 radical (unpaired) electrons. The molecule has 0 saturated heterocycles. The van der Waals surface area contributed by atoms with Crippen LogP contribution in [0.5, 0.6) is 0 Å². The van der Waals surface area contributed by atoms with E-state index in [1.54, 1.807) is 13.2 Å². The molecular weight excluding hydrogens is 376 g/mol. The van der Waals surface area contributed by atoms with Gasteiger partial charge in [-0.05, 0) is 43.4 Å². The summed E-state index contributed by atoms with van der Waals surface area (Å²) in [6, 6.07) is 9.34. The van der Waals surface area contributed by atoms with Gasteiger partial charge in [0.1, 0.15) is 5.58 Å². The number of rotatable bonds is 4. The molecule has 0 bridgehead atoms. The monoisotopic (exact) mass is 398 g/mol. The van der Waals surface area contributed by atoms with Gasteiger partial charge in [-0.2, -0.15) is 0 Å². The van der Waals surface area contributed by atoms with Crippen LogP contribution in [0.1, 0.15) is 55.5 Å². The fraction of sp³-hybridized carbons (Fsp3) is 0.333. The summed E-state index contributed by atoms with van der Waals surface area (Å²) >= 11 is 1.51. The van der Waals surface area contributed by atoms with Crippen molar-refractivity contribution < 1.29 is 18.7 Å². The molecule has 7 heteroatoms. The third-order valence-corrected chi connectivity index (χ3v) is 6.19. The number of benzene rings is 1. The van der Waals surface area contributed by atoms with E-state index in [2.05, 4.69) is 10.9 Å². The molecule has 0 spiro atoms. The van der Waals surface area contributed by atoms with E-state index in [-0.39, 0.29) is 18.3 Å². The summed E-state index contributed by atoms with van der Waals surface area (Å²) in [5.41, 5.74) is 7.50.